The van der Waals surface area contributed by atoms with Crippen molar-refractivity contribution in [3.63, 3.8) is 0 Å². The van der Waals surface area contributed by atoms with E-state index in [9.17, 15) is 4.79 Å². The standard InChI is InChI=1S/C20H26N4O4/c1-14-17(15(2)28-23-14)11-19(25)24-8-4-20(5-9-24)12-16(3-10-26-20)27-18-13-21-6-7-22-18/h6-7,13,16H,3-5,8-12H2,1-2H3. The first-order valence-corrected chi connectivity index (χ1v) is 9.81. The molecule has 0 radical (unpaired) electrons. The zero-order chi connectivity index (χ0) is 19.6. The molecule has 2 fully saturated rings. The van der Waals surface area contributed by atoms with Gasteiger partial charge >= 0.3 is 0 Å². The summed E-state index contributed by atoms with van der Waals surface area (Å²) in [5.41, 5.74) is 1.47. The topological polar surface area (TPSA) is 90.6 Å². The molecule has 1 amide bonds. The van der Waals surface area contributed by atoms with Gasteiger partial charge in [0.15, 0.2) is 0 Å². The molecule has 0 bridgehead atoms. The molecule has 2 aromatic heterocycles. The zero-order valence-corrected chi connectivity index (χ0v) is 16.4. The molecule has 28 heavy (non-hydrogen) atoms. The second kappa shape index (κ2) is 7.87. The van der Waals surface area contributed by atoms with Crippen molar-refractivity contribution in [2.24, 2.45) is 0 Å². The van der Waals surface area contributed by atoms with Crippen molar-refractivity contribution < 1.29 is 18.8 Å². The number of carbonyl (C=O) groups excluding carboxylic acids is 1. The van der Waals surface area contributed by atoms with Crippen molar-refractivity contribution >= 4 is 5.91 Å². The normalized spacial score (nSPS) is 21.6. The van der Waals surface area contributed by atoms with Crippen LogP contribution in [-0.2, 0) is 16.0 Å². The summed E-state index contributed by atoms with van der Waals surface area (Å²) in [5.74, 6) is 1.39. The van der Waals surface area contributed by atoms with E-state index in [4.69, 9.17) is 14.0 Å². The van der Waals surface area contributed by atoms with Gasteiger partial charge in [-0.25, -0.2) is 4.98 Å². The summed E-state index contributed by atoms with van der Waals surface area (Å²) in [5, 5.41) is 3.94. The zero-order valence-electron chi connectivity index (χ0n) is 16.4. The average Bonchev–Trinajstić information content (AvgIpc) is 3.01. The monoisotopic (exact) mass is 386 g/mol. The van der Waals surface area contributed by atoms with Crippen LogP contribution in [-0.4, -0.2) is 57.3 Å². The number of amides is 1. The van der Waals surface area contributed by atoms with E-state index in [1.165, 1.54) is 0 Å². The van der Waals surface area contributed by atoms with Gasteiger partial charge < -0.3 is 18.9 Å². The molecule has 8 heteroatoms. The fourth-order valence-corrected chi connectivity index (χ4v) is 4.13. The van der Waals surface area contributed by atoms with Crippen LogP contribution in [0.1, 0.15) is 42.7 Å². The largest absolute Gasteiger partial charge is 0.473 e. The van der Waals surface area contributed by atoms with Gasteiger partial charge in [-0.15, -0.1) is 0 Å². The minimum Gasteiger partial charge on any atom is -0.473 e. The summed E-state index contributed by atoms with van der Waals surface area (Å²) in [7, 11) is 0. The highest BCUT2D eigenvalue weighted by Gasteiger charge is 2.42. The smallest absolute Gasteiger partial charge is 0.232 e. The van der Waals surface area contributed by atoms with Crippen LogP contribution in [0.25, 0.3) is 0 Å². The van der Waals surface area contributed by atoms with Crippen LogP contribution < -0.4 is 4.74 Å². The molecule has 8 nitrogen and oxygen atoms in total. The Bertz CT molecular complexity index is 795. The van der Waals surface area contributed by atoms with Gasteiger partial charge in [0.25, 0.3) is 0 Å². The third-order valence-corrected chi connectivity index (χ3v) is 5.81. The van der Waals surface area contributed by atoms with E-state index in [1.807, 2.05) is 18.7 Å². The quantitative estimate of drug-likeness (QED) is 0.796. The number of likely N-dealkylation sites (tertiary alicyclic amines) is 1. The molecule has 2 aliphatic rings. The summed E-state index contributed by atoms with van der Waals surface area (Å²) < 4.78 is 17.3. The molecule has 0 N–H and O–H groups in total. The molecule has 0 saturated carbocycles. The van der Waals surface area contributed by atoms with Gasteiger partial charge in [-0.2, -0.15) is 0 Å². The maximum absolute atomic E-state index is 12.7. The Balaban J connectivity index is 1.33. The third-order valence-electron chi connectivity index (χ3n) is 5.81. The lowest BCUT2D eigenvalue weighted by Gasteiger charge is -2.45. The number of ether oxygens (including phenoxy) is 2. The number of rotatable bonds is 4. The van der Waals surface area contributed by atoms with Gasteiger partial charge in [0.2, 0.25) is 11.8 Å². The maximum Gasteiger partial charge on any atom is 0.232 e. The molecule has 1 spiro atoms. The molecule has 0 aliphatic carbocycles. The van der Waals surface area contributed by atoms with E-state index in [1.54, 1.807) is 18.6 Å². The average molecular weight is 386 g/mol. The van der Waals surface area contributed by atoms with E-state index < -0.39 is 0 Å². The molecule has 2 aliphatic heterocycles. The summed E-state index contributed by atoms with van der Waals surface area (Å²) >= 11 is 0. The Kier molecular flexibility index (Phi) is 5.30. The van der Waals surface area contributed by atoms with Gasteiger partial charge in [0.05, 0.1) is 30.5 Å². The number of hydrogen-bond donors (Lipinski definition) is 0. The number of nitrogens with zero attached hydrogens (tertiary/aromatic N) is 4. The lowest BCUT2D eigenvalue weighted by molar-refractivity contribution is -0.151. The van der Waals surface area contributed by atoms with E-state index in [-0.39, 0.29) is 17.6 Å². The highest BCUT2D eigenvalue weighted by molar-refractivity contribution is 5.79. The maximum atomic E-state index is 12.7. The first-order valence-electron chi connectivity index (χ1n) is 9.81. The number of hydrogen-bond acceptors (Lipinski definition) is 7. The van der Waals surface area contributed by atoms with Gasteiger partial charge in [-0.1, -0.05) is 5.16 Å². The summed E-state index contributed by atoms with van der Waals surface area (Å²) in [4.78, 5) is 22.9. The molecular formula is C20H26N4O4. The lowest BCUT2D eigenvalue weighted by atomic mass is 9.83. The number of piperidine rings is 1. The number of aromatic nitrogens is 3. The van der Waals surface area contributed by atoms with Gasteiger partial charge in [0, 0.05) is 43.9 Å². The lowest BCUT2D eigenvalue weighted by Crippen LogP contribution is -2.52. The molecule has 1 atom stereocenters. The van der Waals surface area contributed by atoms with E-state index in [2.05, 4.69) is 15.1 Å². The number of aryl methyl sites for hydroxylation is 2. The van der Waals surface area contributed by atoms with Crippen LogP contribution in [0.4, 0.5) is 0 Å². The predicted molar refractivity (Wildman–Crippen MR) is 99.9 cm³/mol. The van der Waals surface area contributed by atoms with Crippen LogP contribution in [0.2, 0.25) is 0 Å². The second-order valence-electron chi connectivity index (χ2n) is 7.67. The van der Waals surface area contributed by atoms with Gasteiger partial charge in [0.1, 0.15) is 11.9 Å². The molecule has 4 rings (SSSR count). The molecule has 0 aromatic carbocycles. The first kappa shape index (κ1) is 18.9. The van der Waals surface area contributed by atoms with Crippen molar-refractivity contribution in [1.82, 2.24) is 20.0 Å². The van der Waals surface area contributed by atoms with E-state index in [0.717, 1.165) is 42.7 Å². The Hall–Kier alpha value is -2.48. The van der Waals surface area contributed by atoms with E-state index >= 15 is 0 Å². The predicted octanol–water partition coefficient (Wildman–Crippen LogP) is 2.24. The third kappa shape index (κ3) is 4.01. The number of carbonyl (C=O) groups is 1. The van der Waals surface area contributed by atoms with Crippen molar-refractivity contribution in [2.75, 3.05) is 19.7 Å². The fourth-order valence-electron chi connectivity index (χ4n) is 4.13. The van der Waals surface area contributed by atoms with Crippen molar-refractivity contribution in [2.45, 2.75) is 57.7 Å². The molecule has 1 unspecified atom stereocenters. The summed E-state index contributed by atoms with van der Waals surface area (Å²) in [6.07, 6.45) is 8.60. The molecule has 2 aromatic rings. The SMILES string of the molecule is Cc1noc(C)c1CC(=O)N1CCC2(CC1)CC(Oc1cnccn1)CCO2. The summed E-state index contributed by atoms with van der Waals surface area (Å²) in [6, 6.07) is 0. The minimum atomic E-state index is -0.217. The van der Waals surface area contributed by atoms with Gasteiger partial charge in [-0.3, -0.25) is 9.78 Å². The van der Waals surface area contributed by atoms with Crippen LogP contribution in [0, 0.1) is 13.8 Å². The Morgan fingerprint density at radius 3 is 2.82 bits per heavy atom. The molecule has 4 heterocycles. The Morgan fingerprint density at radius 1 is 1.32 bits per heavy atom. The van der Waals surface area contributed by atoms with Crippen LogP contribution >= 0.6 is 0 Å². The highest BCUT2D eigenvalue weighted by atomic mass is 16.5. The van der Waals surface area contributed by atoms with Crippen LogP contribution in [0.15, 0.2) is 23.1 Å². The Labute approximate surface area is 164 Å². The molecule has 2 saturated heterocycles. The molecular weight excluding hydrogens is 360 g/mol. The van der Waals surface area contributed by atoms with Crippen molar-refractivity contribution in [1.29, 1.82) is 0 Å². The van der Waals surface area contributed by atoms with Crippen LogP contribution in [0.3, 0.4) is 0 Å². The second-order valence-corrected chi connectivity index (χ2v) is 7.67. The highest BCUT2D eigenvalue weighted by Crippen LogP contribution is 2.36. The van der Waals surface area contributed by atoms with Crippen LogP contribution in [0.5, 0.6) is 5.88 Å². The fraction of sp³-hybridized carbons (Fsp3) is 0.600. The van der Waals surface area contributed by atoms with Crippen molar-refractivity contribution in [3.8, 4) is 5.88 Å². The minimum absolute atomic E-state index is 0.0648. The van der Waals surface area contributed by atoms with Crippen molar-refractivity contribution in [3.05, 3.63) is 35.6 Å². The van der Waals surface area contributed by atoms with Gasteiger partial charge in [-0.05, 0) is 26.7 Å². The first-order chi connectivity index (χ1) is 13.5. The van der Waals surface area contributed by atoms with E-state index in [0.29, 0.717) is 32.0 Å². The Morgan fingerprint density at radius 2 is 2.14 bits per heavy atom. The summed E-state index contributed by atoms with van der Waals surface area (Å²) in [6.45, 7) is 5.77. The molecule has 150 valence electrons.